The third-order valence-corrected chi connectivity index (χ3v) is 3.47. The van der Waals surface area contributed by atoms with E-state index in [0.29, 0.717) is 25.4 Å². The maximum Gasteiger partial charge on any atom is 1.00 e. The van der Waals surface area contributed by atoms with E-state index in [9.17, 15) is 14.7 Å². The molecule has 0 aliphatic carbocycles. The molecule has 0 spiro atoms. The van der Waals surface area contributed by atoms with Gasteiger partial charge in [0.1, 0.15) is 23.1 Å². The Kier molecular flexibility index (Phi) is 7.26. The van der Waals surface area contributed by atoms with E-state index < -0.39 is 17.2 Å². The van der Waals surface area contributed by atoms with Gasteiger partial charge in [-0.1, -0.05) is 18.2 Å². The van der Waals surface area contributed by atoms with Gasteiger partial charge < -0.3 is 23.8 Å². The van der Waals surface area contributed by atoms with E-state index in [4.69, 9.17) is 13.9 Å². The summed E-state index contributed by atoms with van der Waals surface area (Å²) in [4.78, 5) is 22.8. The number of carbonyl (C=O) groups excluding carboxylic acids is 1. The molecule has 1 aromatic heterocycles. The predicted molar refractivity (Wildman–Crippen MR) is 88.9 cm³/mol. The van der Waals surface area contributed by atoms with Gasteiger partial charge in [-0.2, -0.15) is 0 Å². The number of carbonyl (C=O) groups is 1. The van der Waals surface area contributed by atoms with Crippen molar-refractivity contribution in [1.82, 2.24) is 0 Å². The van der Waals surface area contributed by atoms with Crippen LogP contribution in [-0.2, 0) is 0 Å². The first-order chi connectivity index (χ1) is 12.1. The molecule has 0 atom stereocenters. The summed E-state index contributed by atoms with van der Waals surface area (Å²) in [6.45, 7) is 0.926. The summed E-state index contributed by atoms with van der Waals surface area (Å²) < 4.78 is 16.3. The van der Waals surface area contributed by atoms with E-state index in [-0.39, 0.29) is 40.5 Å². The summed E-state index contributed by atoms with van der Waals surface area (Å²) >= 11 is 0. The van der Waals surface area contributed by atoms with Crippen molar-refractivity contribution in [3.05, 3.63) is 70.6 Å². The van der Waals surface area contributed by atoms with Crippen LogP contribution in [0.25, 0.3) is 11.0 Å². The summed E-state index contributed by atoms with van der Waals surface area (Å²) in [5.74, 6) is -0.725. The standard InChI is InChI=1S/C19H16O6.Na/c20-16-12-18(19(21)22)25-17-8-7-14(11-15(16)17)24-10-4-9-23-13-5-2-1-3-6-13;/h1-3,5-8,11-12H,4,9-10H2,(H,21,22);/q;+1/p-1. The number of benzene rings is 2. The van der Waals surface area contributed by atoms with Gasteiger partial charge in [-0.15, -0.1) is 0 Å². The molecular formula is C19H15NaO6. The van der Waals surface area contributed by atoms with Gasteiger partial charge in [0.2, 0.25) is 0 Å². The second-order valence-electron chi connectivity index (χ2n) is 5.28. The summed E-state index contributed by atoms with van der Waals surface area (Å²) in [5.41, 5.74) is -0.287. The van der Waals surface area contributed by atoms with Crippen LogP contribution in [0.3, 0.4) is 0 Å². The van der Waals surface area contributed by atoms with Crippen LogP contribution in [0, 0.1) is 0 Å². The minimum atomic E-state index is -1.53. The zero-order valence-corrected chi connectivity index (χ0v) is 16.3. The quantitative estimate of drug-likeness (QED) is 0.396. The number of fused-ring (bicyclic) bond motifs is 1. The topological polar surface area (TPSA) is 88.8 Å². The summed E-state index contributed by atoms with van der Waals surface area (Å²) in [6.07, 6.45) is 0.672. The van der Waals surface area contributed by atoms with Crippen LogP contribution in [0.4, 0.5) is 0 Å². The Labute approximate surface area is 171 Å². The van der Waals surface area contributed by atoms with E-state index in [1.165, 1.54) is 12.1 Å². The zero-order valence-electron chi connectivity index (χ0n) is 14.3. The van der Waals surface area contributed by atoms with Crippen LogP contribution in [0.1, 0.15) is 17.0 Å². The first kappa shape index (κ1) is 20.0. The molecule has 0 radical (unpaired) electrons. The molecule has 0 aliphatic heterocycles. The Morgan fingerprint density at radius 1 is 0.962 bits per heavy atom. The third kappa shape index (κ3) is 5.11. The van der Waals surface area contributed by atoms with Crippen molar-refractivity contribution in [2.45, 2.75) is 6.42 Å². The van der Waals surface area contributed by atoms with Crippen LogP contribution >= 0.6 is 0 Å². The van der Waals surface area contributed by atoms with Gasteiger partial charge in [-0.05, 0) is 30.3 Å². The van der Waals surface area contributed by atoms with Gasteiger partial charge in [-0.3, -0.25) is 4.79 Å². The minimum Gasteiger partial charge on any atom is -0.542 e. The zero-order chi connectivity index (χ0) is 17.6. The van der Waals surface area contributed by atoms with Crippen molar-refractivity contribution in [3.63, 3.8) is 0 Å². The predicted octanol–water partition coefficient (Wildman–Crippen LogP) is -0.992. The molecule has 0 fully saturated rings. The molecule has 1 heterocycles. The van der Waals surface area contributed by atoms with E-state index in [1.54, 1.807) is 6.07 Å². The van der Waals surface area contributed by atoms with Gasteiger partial charge >= 0.3 is 29.6 Å². The van der Waals surface area contributed by atoms with E-state index in [1.807, 2.05) is 30.3 Å². The van der Waals surface area contributed by atoms with Crippen LogP contribution in [0.2, 0.25) is 0 Å². The fourth-order valence-corrected chi connectivity index (χ4v) is 2.28. The maximum atomic E-state index is 12.0. The average molecular weight is 362 g/mol. The Hall–Kier alpha value is -2.28. The molecule has 0 amide bonds. The number of carboxylic acid groups (broad SMARTS) is 1. The molecule has 128 valence electrons. The van der Waals surface area contributed by atoms with E-state index in [0.717, 1.165) is 11.8 Å². The van der Waals surface area contributed by atoms with Gasteiger partial charge in [0.05, 0.1) is 18.6 Å². The average Bonchev–Trinajstić information content (AvgIpc) is 2.62. The molecule has 3 rings (SSSR count). The number of ether oxygens (including phenoxy) is 2. The molecule has 6 nitrogen and oxygen atoms in total. The van der Waals surface area contributed by atoms with Crippen molar-refractivity contribution in [2.24, 2.45) is 0 Å². The van der Waals surface area contributed by atoms with Crippen LogP contribution < -0.4 is 49.6 Å². The second kappa shape index (κ2) is 9.43. The molecule has 7 heteroatoms. The van der Waals surface area contributed by atoms with Crippen molar-refractivity contribution in [1.29, 1.82) is 0 Å². The molecular weight excluding hydrogens is 347 g/mol. The summed E-state index contributed by atoms with van der Waals surface area (Å²) in [7, 11) is 0. The number of hydrogen-bond donors (Lipinski definition) is 0. The molecule has 3 aromatic rings. The third-order valence-electron chi connectivity index (χ3n) is 3.47. The van der Waals surface area contributed by atoms with Crippen LogP contribution in [0.15, 0.2) is 63.8 Å². The van der Waals surface area contributed by atoms with Gasteiger partial charge in [0.25, 0.3) is 0 Å². The van der Waals surface area contributed by atoms with Crippen molar-refractivity contribution in [2.75, 3.05) is 13.2 Å². The normalized spacial score (nSPS) is 10.2. The number of hydrogen-bond acceptors (Lipinski definition) is 6. The molecule has 0 bridgehead atoms. The number of para-hydroxylation sites is 1. The largest absolute Gasteiger partial charge is 1.00 e. The molecule has 2 aromatic carbocycles. The summed E-state index contributed by atoms with van der Waals surface area (Å²) in [5, 5.41) is 11.0. The Morgan fingerprint density at radius 3 is 2.35 bits per heavy atom. The fourth-order valence-electron chi connectivity index (χ4n) is 2.28. The Balaban J connectivity index is 0.00000243. The first-order valence-electron chi connectivity index (χ1n) is 7.73. The molecule has 26 heavy (non-hydrogen) atoms. The van der Waals surface area contributed by atoms with E-state index in [2.05, 4.69) is 0 Å². The fraction of sp³-hybridized carbons (Fsp3) is 0.158. The molecule has 0 aliphatic rings. The van der Waals surface area contributed by atoms with Crippen molar-refractivity contribution < 1.29 is 53.3 Å². The van der Waals surface area contributed by atoms with Crippen LogP contribution in [0.5, 0.6) is 11.5 Å². The maximum absolute atomic E-state index is 12.0. The first-order valence-corrected chi connectivity index (χ1v) is 7.73. The Morgan fingerprint density at radius 2 is 1.65 bits per heavy atom. The van der Waals surface area contributed by atoms with Crippen molar-refractivity contribution >= 4 is 16.9 Å². The molecule has 0 N–H and O–H groups in total. The SMILES string of the molecule is O=C([O-])c1cc(=O)c2cc(OCCCOc3ccccc3)ccc2o1.[Na+]. The van der Waals surface area contributed by atoms with Crippen molar-refractivity contribution in [3.8, 4) is 11.5 Å². The van der Waals surface area contributed by atoms with Crippen LogP contribution in [-0.4, -0.2) is 19.2 Å². The molecule has 0 saturated carbocycles. The molecule has 0 saturated heterocycles. The van der Waals surface area contributed by atoms with Gasteiger partial charge in [0, 0.05) is 12.5 Å². The van der Waals surface area contributed by atoms with E-state index >= 15 is 0 Å². The number of aromatic carboxylic acids is 1. The van der Waals surface area contributed by atoms with Gasteiger partial charge in [0.15, 0.2) is 11.2 Å². The number of carboxylic acids is 1. The smallest absolute Gasteiger partial charge is 0.542 e. The number of rotatable bonds is 7. The Bertz CT molecular complexity index is 936. The molecule has 0 unspecified atom stereocenters. The second-order valence-corrected chi connectivity index (χ2v) is 5.28. The van der Waals surface area contributed by atoms with Gasteiger partial charge in [-0.25, -0.2) is 0 Å². The minimum absolute atomic E-state index is 0. The monoisotopic (exact) mass is 362 g/mol. The summed E-state index contributed by atoms with van der Waals surface area (Å²) in [6, 6.07) is 15.0.